The summed E-state index contributed by atoms with van der Waals surface area (Å²) in [5, 5.41) is 3.52. The Bertz CT molecular complexity index is 694. The number of nitrogens with zero attached hydrogens (tertiary/aromatic N) is 2. The quantitative estimate of drug-likeness (QED) is 0.797. The summed E-state index contributed by atoms with van der Waals surface area (Å²) in [5.41, 5.74) is 0. The number of carbonyl (C=O) groups excluding carboxylic acids is 2. The van der Waals surface area contributed by atoms with E-state index >= 15 is 0 Å². The summed E-state index contributed by atoms with van der Waals surface area (Å²) in [5.74, 6) is 0.0535. The number of halogens is 1. The molecule has 1 fully saturated rings. The highest BCUT2D eigenvalue weighted by Gasteiger charge is 2.25. The summed E-state index contributed by atoms with van der Waals surface area (Å²) in [6.07, 6.45) is 0.808. The van der Waals surface area contributed by atoms with Gasteiger partial charge in [0.25, 0.3) is 5.91 Å². The average molecular weight is 343 g/mol. The highest BCUT2D eigenvalue weighted by Crippen LogP contribution is 2.39. The van der Waals surface area contributed by atoms with Crippen molar-refractivity contribution >= 4 is 55.5 Å². The Morgan fingerprint density at radius 3 is 2.62 bits per heavy atom. The highest BCUT2D eigenvalue weighted by molar-refractivity contribution is 7.38. The lowest BCUT2D eigenvalue weighted by Gasteiger charge is -2.21. The third-order valence-corrected chi connectivity index (χ3v) is 6.42. The fourth-order valence-electron chi connectivity index (χ4n) is 2.51. The molecule has 2 aromatic rings. The van der Waals surface area contributed by atoms with Gasteiger partial charge in [0.15, 0.2) is 0 Å². The van der Waals surface area contributed by atoms with Crippen LogP contribution in [0.4, 0.5) is 0 Å². The van der Waals surface area contributed by atoms with Crippen LogP contribution in [0.2, 0.25) is 5.02 Å². The van der Waals surface area contributed by atoms with Crippen molar-refractivity contribution in [1.82, 2.24) is 9.80 Å². The number of thiophene rings is 2. The molecule has 0 aliphatic carbocycles. The Balaban J connectivity index is 1.80. The molecule has 4 nitrogen and oxygen atoms in total. The smallest absolute Gasteiger partial charge is 0.265 e. The zero-order valence-corrected chi connectivity index (χ0v) is 14.0. The van der Waals surface area contributed by atoms with Crippen molar-refractivity contribution in [3.8, 4) is 0 Å². The first-order valence-corrected chi connectivity index (χ1v) is 8.85. The average Bonchev–Trinajstić information content (AvgIpc) is 2.92. The van der Waals surface area contributed by atoms with Gasteiger partial charge in [-0.05, 0) is 17.9 Å². The molecule has 1 aliphatic rings. The summed E-state index contributed by atoms with van der Waals surface area (Å²) in [4.78, 5) is 28.3. The van der Waals surface area contributed by atoms with Crippen molar-refractivity contribution in [2.75, 3.05) is 26.2 Å². The van der Waals surface area contributed by atoms with E-state index in [1.807, 2.05) is 16.3 Å². The zero-order valence-electron chi connectivity index (χ0n) is 11.6. The van der Waals surface area contributed by atoms with Crippen molar-refractivity contribution in [3.05, 3.63) is 21.3 Å². The first-order chi connectivity index (χ1) is 10.1. The first-order valence-electron chi connectivity index (χ1n) is 6.78. The number of hydrogen-bond acceptors (Lipinski definition) is 4. The summed E-state index contributed by atoms with van der Waals surface area (Å²) in [6, 6.07) is 1.95. The monoisotopic (exact) mass is 342 g/mol. The van der Waals surface area contributed by atoms with E-state index in [-0.39, 0.29) is 11.8 Å². The zero-order chi connectivity index (χ0) is 15.0. The minimum absolute atomic E-state index is 0.0150. The maximum Gasteiger partial charge on any atom is 0.265 e. The van der Waals surface area contributed by atoms with Crippen molar-refractivity contribution in [2.24, 2.45) is 0 Å². The Labute approximate surface area is 135 Å². The topological polar surface area (TPSA) is 40.6 Å². The van der Waals surface area contributed by atoms with Crippen LogP contribution in [0.3, 0.4) is 0 Å². The van der Waals surface area contributed by atoms with Gasteiger partial charge in [0, 0.05) is 38.5 Å². The molecule has 0 aromatic carbocycles. The molecule has 21 heavy (non-hydrogen) atoms. The van der Waals surface area contributed by atoms with Gasteiger partial charge in [0.05, 0.1) is 9.04 Å². The second-order valence-corrected chi connectivity index (χ2v) is 7.59. The van der Waals surface area contributed by atoms with Crippen LogP contribution in [0.5, 0.6) is 0 Å². The van der Waals surface area contributed by atoms with Crippen LogP contribution in [0.1, 0.15) is 23.0 Å². The fourth-order valence-corrected chi connectivity index (χ4v) is 5.10. The number of fused-ring (bicyclic) bond motifs is 1. The van der Waals surface area contributed by atoms with Gasteiger partial charge in [0.2, 0.25) is 5.91 Å². The van der Waals surface area contributed by atoms with Gasteiger partial charge in [0.1, 0.15) is 4.88 Å². The predicted octanol–water partition coefficient (Wildman–Crippen LogP) is 3.31. The van der Waals surface area contributed by atoms with Gasteiger partial charge in [-0.3, -0.25) is 9.59 Å². The van der Waals surface area contributed by atoms with Gasteiger partial charge in [-0.25, -0.2) is 0 Å². The minimum atomic E-state index is -0.0150. The van der Waals surface area contributed by atoms with E-state index in [0.717, 1.165) is 15.8 Å². The lowest BCUT2D eigenvalue weighted by atomic mass is 10.3. The first kappa shape index (κ1) is 14.8. The molecule has 1 aliphatic heterocycles. The van der Waals surface area contributed by atoms with Crippen LogP contribution >= 0.6 is 34.3 Å². The van der Waals surface area contributed by atoms with E-state index in [4.69, 9.17) is 11.6 Å². The number of amides is 2. The van der Waals surface area contributed by atoms with E-state index < -0.39 is 0 Å². The van der Waals surface area contributed by atoms with Crippen LogP contribution in [0.15, 0.2) is 11.4 Å². The van der Waals surface area contributed by atoms with Crippen molar-refractivity contribution < 1.29 is 9.59 Å². The molecule has 0 atom stereocenters. The van der Waals surface area contributed by atoms with Crippen LogP contribution in [-0.2, 0) is 4.79 Å². The van der Waals surface area contributed by atoms with Crippen LogP contribution < -0.4 is 0 Å². The number of carbonyl (C=O) groups is 2. The standard InChI is InChI=1S/C14H15ClN2O2S2/c1-9(18)16-4-2-5-17(7-6-16)13(19)12-11(15)10-3-8-20-14(10)21-12/h3,8H,2,4-7H2,1H3. The molecule has 1 saturated heterocycles. The van der Waals surface area contributed by atoms with E-state index in [1.165, 1.54) is 11.3 Å². The second kappa shape index (κ2) is 5.94. The Morgan fingerprint density at radius 2 is 1.90 bits per heavy atom. The molecule has 0 radical (unpaired) electrons. The molecule has 3 rings (SSSR count). The molecule has 7 heteroatoms. The molecule has 0 unspecified atom stereocenters. The van der Waals surface area contributed by atoms with Gasteiger partial charge in [-0.2, -0.15) is 0 Å². The van der Waals surface area contributed by atoms with Gasteiger partial charge >= 0.3 is 0 Å². The molecule has 0 spiro atoms. The second-order valence-electron chi connectivity index (χ2n) is 5.02. The maximum atomic E-state index is 12.7. The van der Waals surface area contributed by atoms with Crippen molar-refractivity contribution in [3.63, 3.8) is 0 Å². The molecule has 0 bridgehead atoms. The van der Waals surface area contributed by atoms with Gasteiger partial charge in [-0.1, -0.05) is 11.6 Å². The summed E-state index contributed by atoms with van der Waals surface area (Å²) in [7, 11) is 0. The molecule has 2 aromatic heterocycles. The lowest BCUT2D eigenvalue weighted by Crippen LogP contribution is -2.36. The normalized spacial score (nSPS) is 16.3. The molecule has 2 amide bonds. The molecular weight excluding hydrogens is 328 g/mol. The van der Waals surface area contributed by atoms with Gasteiger partial charge < -0.3 is 9.80 Å². The largest absolute Gasteiger partial charge is 0.341 e. The third-order valence-electron chi connectivity index (χ3n) is 3.68. The Hall–Kier alpha value is -1.11. The summed E-state index contributed by atoms with van der Waals surface area (Å²) in [6.45, 7) is 4.12. The lowest BCUT2D eigenvalue weighted by molar-refractivity contribution is -0.128. The minimum Gasteiger partial charge on any atom is -0.341 e. The molecular formula is C14H15ClN2O2S2. The SMILES string of the molecule is CC(=O)N1CCCN(C(=O)c2sc3sccc3c2Cl)CC1. The van der Waals surface area contributed by atoms with Crippen molar-refractivity contribution in [1.29, 1.82) is 0 Å². The van der Waals surface area contributed by atoms with Crippen LogP contribution in [0.25, 0.3) is 9.40 Å². The van der Waals surface area contributed by atoms with Crippen LogP contribution in [0, 0.1) is 0 Å². The third kappa shape index (κ3) is 2.80. The maximum absolute atomic E-state index is 12.7. The fraction of sp³-hybridized carbons (Fsp3) is 0.429. The molecule has 0 saturated carbocycles. The Morgan fingerprint density at radius 1 is 1.19 bits per heavy atom. The highest BCUT2D eigenvalue weighted by atomic mass is 35.5. The summed E-state index contributed by atoms with van der Waals surface area (Å²) >= 11 is 9.40. The van der Waals surface area contributed by atoms with Crippen molar-refractivity contribution in [2.45, 2.75) is 13.3 Å². The van der Waals surface area contributed by atoms with Gasteiger partial charge in [-0.15, -0.1) is 22.7 Å². The van der Waals surface area contributed by atoms with E-state index in [2.05, 4.69) is 0 Å². The number of hydrogen-bond donors (Lipinski definition) is 0. The molecule has 0 N–H and O–H groups in total. The van der Waals surface area contributed by atoms with Crippen LogP contribution in [-0.4, -0.2) is 47.8 Å². The molecule has 112 valence electrons. The number of rotatable bonds is 1. The van der Waals surface area contributed by atoms with E-state index in [1.54, 1.807) is 23.2 Å². The van der Waals surface area contributed by atoms with E-state index in [0.29, 0.717) is 36.1 Å². The van der Waals surface area contributed by atoms with E-state index in [9.17, 15) is 9.59 Å². The molecule has 3 heterocycles. The summed E-state index contributed by atoms with van der Waals surface area (Å²) < 4.78 is 1.09. The Kier molecular flexibility index (Phi) is 4.19. The predicted molar refractivity (Wildman–Crippen MR) is 87.5 cm³/mol.